The summed E-state index contributed by atoms with van der Waals surface area (Å²) in [6, 6.07) is 42.5. The van der Waals surface area contributed by atoms with Crippen LogP contribution in [0.3, 0.4) is 0 Å². The van der Waals surface area contributed by atoms with Gasteiger partial charge in [-0.1, -0.05) is 112 Å². The molecule has 0 amide bonds. The third kappa shape index (κ3) is 4.87. The van der Waals surface area contributed by atoms with Gasteiger partial charge in [0.15, 0.2) is 0 Å². The lowest BCUT2D eigenvalue weighted by Gasteiger charge is -2.31. The molecule has 0 aliphatic heterocycles. The second-order valence-corrected chi connectivity index (χ2v) is 13.9. The van der Waals surface area contributed by atoms with Gasteiger partial charge in [0.2, 0.25) is 0 Å². The largest absolute Gasteiger partial charge is 0.310 e. The van der Waals surface area contributed by atoms with Crippen LogP contribution in [0.2, 0.25) is 0 Å². The Kier molecular flexibility index (Phi) is 6.93. The summed E-state index contributed by atoms with van der Waals surface area (Å²) < 4.78 is 0. The first-order valence-corrected chi connectivity index (χ1v) is 16.9. The molecule has 5 aromatic rings. The Labute approximate surface area is 263 Å². The van der Waals surface area contributed by atoms with Crippen LogP contribution >= 0.6 is 0 Å². The molecule has 11 rings (SSSR count). The monoisotopic (exact) mass is 573 g/mol. The van der Waals surface area contributed by atoms with Gasteiger partial charge in [0.25, 0.3) is 0 Å². The van der Waals surface area contributed by atoms with E-state index in [-0.39, 0.29) is 5.41 Å². The molecule has 5 aromatic carbocycles. The number of hydrogen-bond donors (Lipinski definition) is 0. The summed E-state index contributed by atoms with van der Waals surface area (Å²) in [5, 5.41) is 0. The highest BCUT2D eigenvalue weighted by Crippen LogP contribution is 2.51. The molecule has 0 saturated heterocycles. The van der Waals surface area contributed by atoms with Crippen molar-refractivity contribution in [3.8, 4) is 11.1 Å². The van der Waals surface area contributed by atoms with Crippen molar-refractivity contribution in [2.75, 3.05) is 4.90 Å². The lowest BCUT2D eigenvalue weighted by Crippen LogP contribution is -2.17. The van der Waals surface area contributed by atoms with Gasteiger partial charge in [-0.25, -0.2) is 0 Å². The zero-order valence-corrected chi connectivity index (χ0v) is 26.3. The van der Waals surface area contributed by atoms with Crippen molar-refractivity contribution in [3.63, 3.8) is 0 Å². The van der Waals surface area contributed by atoms with Crippen LogP contribution in [-0.2, 0) is 31.1 Å². The minimum atomic E-state index is -0.0358. The van der Waals surface area contributed by atoms with Gasteiger partial charge in [-0.3, -0.25) is 0 Å². The summed E-state index contributed by atoms with van der Waals surface area (Å²) in [6.07, 6.45) is 11.0. The fourth-order valence-corrected chi connectivity index (χ4v) is 8.21. The smallest absolute Gasteiger partial charge is 0.0496 e. The summed E-state index contributed by atoms with van der Waals surface area (Å²) in [4.78, 5) is 2.57. The molecule has 6 aliphatic carbocycles. The fourth-order valence-electron chi connectivity index (χ4n) is 8.21. The summed E-state index contributed by atoms with van der Waals surface area (Å²) in [5.41, 5.74) is 16.6. The van der Waals surface area contributed by atoms with Gasteiger partial charge in [-0.2, -0.15) is 0 Å². The Balaban J connectivity index is 1.26. The number of fused-ring (bicyclic) bond motifs is 3. The molecule has 0 unspecified atom stereocenters. The minimum Gasteiger partial charge on any atom is -0.310 e. The van der Waals surface area contributed by atoms with Gasteiger partial charge in [0.05, 0.1) is 0 Å². The zero-order chi connectivity index (χ0) is 29.7. The highest BCUT2D eigenvalue weighted by Gasteiger charge is 2.36. The van der Waals surface area contributed by atoms with Crippen LogP contribution in [0.1, 0.15) is 90.8 Å². The Hall–Kier alpha value is -4.10. The van der Waals surface area contributed by atoms with Crippen molar-refractivity contribution in [2.24, 2.45) is 0 Å². The van der Waals surface area contributed by atoms with E-state index in [0.29, 0.717) is 5.92 Å². The lowest BCUT2D eigenvalue weighted by atomic mass is 9.82. The molecule has 0 aromatic heterocycles. The summed E-state index contributed by atoms with van der Waals surface area (Å²) in [5.74, 6) is 0.709. The first kappa shape index (κ1) is 27.4. The number of anilines is 3. The minimum absolute atomic E-state index is 0.0358. The van der Waals surface area contributed by atoms with E-state index >= 15 is 0 Å². The number of rotatable bonds is 4. The van der Waals surface area contributed by atoms with Crippen LogP contribution in [0, 0.1) is 0 Å². The Morgan fingerprint density at radius 2 is 1.18 bits per heavy atom. The van der Waals surface area contributed by atoms with E-state index in [9.17, 15) is 0 Å². The SMILES string of the molecule is CC1(C)c2ccccc2-c2ccc(N(c3ccc(C4CCCCC4)cc3)c3cc4ccc3CCc3ccc(cc3)CC4)cc21. The highest BCUT2D eigenvalue weighted by atomic mass is 15.1. The first-order valence-electron chi connectivity index (χ1n) is 16.9. The van der Waals surface area contributed by atoms with E-state index in [1.807, 2.05) is 0 Å². The van der Waals surface area contributed by atoms with E-state index in [0.717, 1.165) is 25.7 Å². The van der Waals surface area contributed by atoms with Crippen molar-refractivity contribution >= 4 is 17.1 Å². The average molecular weight is 574 g/mol. The molecule has 1 saturated carbocycles. The number of nitrogens with zero attached hydrogens (tertiary/aromatic N) is 1. The van der Waals surface area contributed by atoms with Crippen LogP contribution in [-0.4, -0.2) is 0 Å². The molecule has 0 atom stereocenters. The summed E-state index contributed by atoms with van der Waals surface area (Å²) >= 11 is 0. The molecule has 0 radical (unpaired) electrons. The molecule has 0 heterocycles. The van der Waals surface area contributed by atoms with Crippen LogP contribution in [0.15, 0.2) is 109 Å². The third-order valence-electron chi connectivity index (χ3n) is 10.9. The van der Waals surface area contributed by atoms with E-state index < -0.39 is 0 Å². The molecule has 1 nitrogen and oxygen atoms in total. The van der Waals surface area contributed by atoms with E-state index in [1.165, 1.54) is 99.2 Å². The predicted octanol–water partition coefficient (Wildman–Crippen LogP) is 11.4. The topological polar surface area (TPSA) is 3.24 Å². The molecule has 6 aliphatic rings. The van der Waals surface area contributed by atoms with Crippen molar-refractivity contribution in [2.45, 2.75) is 83.0 Å². The standard InChI is InChI=1S/C43H43N/c1-43(2)40-11-7-6-10-38(40)39-27-26-37(29-41(39)43)44(36-24-22-34(23-25-36)33-8-4-3-5-9-33)42-28-32-17-16-30-12-14-31(15-13-30)18-20-35(42)21-19-32/h6-7,10-15,19,21-29,33H,3-5,8-9,16-18,20H2,1-2H3. The van der Waals surface area contributed by atoms with Gasteiger partial charge in [0, 0.05) is 22.5 Å². The quantitative estimate of drug-likeness (QED) is 0.207. The average Bonchev–Trinajstić information content (AvgIpc) is 3.29. The van der Waals surface area contributed by atoms with Crippen LogP contribution in [0.25, 0.3) is 11.1 Å². The van der Waals surface area contributed by atoms with Gasteiger partial charge >= 0.3 is 0 Å². The molecular formula is C43H43N. The molecule has 1 fully saturated rings. The first-order chi connectivity index (χ1) is 21.5. The molecule has 44 heavy (non-hydrogen) atoms. The van der Waals surface area contributed by atoms with Crippen LogP contribution in [0.5, 0.6) is 0 Å². The summed E-state index contributed by atoms with van der Waals surface area (Å²) in [7, 11) is 0. The van der Waals surface area contributed by atoms with Gasteiger partial charge in [0.1, 0.15) is 0 Å². The zero-order valence-electron chi connectivity index (χ0n) is 26.3. The van der Waals surface area contributed by atoms with Gasteiger partial charge in [-0.15, -0.1) is 0 Å². The Bertz CT molecular complexity index is 1800. The van der Waals surface area contributed by atoms with E-state index in [2.05, 4.69) is 128 Å². The van der Waals surface area contributed by atoms with Crippen molar-refractivity contribution in [1.29, 1.82) is 0 Å². The molecule has 4 bridgehead atoms. The van der Waals surface area contributed by atoms with E-state index in [4.69, 9.17) is 0 Å². The Morgan fingerprint density at radius 3 is 1.95 bits per heavy atom. The highest BCUT2D eigenvalue weighted by molar-refractivity contribution is 5.86. The van der Waals surface area contributed by atoms with Crippen molar-refractivity contribution < 1.29 is 0 Å². The summed E-state index contributed by atoms with van der Waals surface area (Å²) in [6.45, 7) is 4.78. The van der Waals surface area contributed by atoms with E-state index in [1.54, 1.807) is 0 Å². The fraction of sp³-hybridized carbons (Fsp3) is 0.302. The molecule has 1 heteroatoms. The van der Waals surface area contributed by atoms with Crippen LogP contribution < -0.4 is 4.90 Å². The van der Waals surface area contributed by atoms with Gasteiger partial charge in [-0.05, 0) is 125 Å². The van der Waals surface area contributed by atoms with Crippen molar-refractivity contribution in [1.82, 2.24) is 0 Å². The molecule has 0 N–H and O–H groups in total. The number of benzene rings is 5. The second kappa shape index (κ2) is 11.1. The second-order valence-electron chi connectivity index (χ2n) is 13.9. The predicted molar refractivity (Wildman–Crippen MR) is 186 cm³/mol. The van der Waals surface area contributed by atoms with Crippen LogP contribution in [0.4, 0.5) is 17.1 Å². The number of aryl methyl sites for hydroxylation is 4. The van der Waals surface area contributed by atoms with Crippen molar-refractivity contribution in [3.05, 3.63) is 148 Å². The maximum Gasteiger partial charge on any atom is 0.0496 e. The normalized spacial score (nSPS) is 17.0. The maximum atomic E-state index is 2.57. The lowest BCUT2D eigenvalue weighted by molar-refractivity contribution is 0.443. The molecule has 0 spiro atoms. The third-order valence-corrected chi connectivity index (χ3v) is 10.9. The molecular weight excluding hydrogens is 530 g/mol. The molecule has 220 valence electrons. The van der Waals surface area contributed by atoms with Gasteiger partial charge < -0.3 is 4.90 Å². The Morgan fingerprint density at radius 1 is 0.545 bits per heavy atom. The number of hydrogen-bond acceptors (Lipinski definition) is 1. The maximum absolute atomic E-state index is 2.57.